The molecule has 11 heteroatoms. The fraction of sp³-hybridized carbons (Fsp3) is 0.310. The van der Waals surface area contributed by atoms with Crippen molar-refractivity contribution in [3.05, 3.63) is 94.5 Å². The van der Waals surface area contributed by atoms with E-state index in [2.05, 4.69) is 26.0 Å². The third-order valence-electron chi connectivity index (χ3n) is 7.36. The van der Waals surface area contributed by atoms with E-state index in [1.54, 1.807) is 12.1 Å². The van der Waals surface area contributed by atoms with Gasteiger partial charge in [0, 0.05) is 42.3 Å². The van der Waals surface area contributed by atoms with E-state index in [9.17, 15) is 22.4 Å². The van der Waals surface area contributed by atoms with Crippen LogP contribution in [0.3, 0.4) is 0 Å². The number of ether oxygens (including phenoxy) is 1. The number of halogens is 5. The van der Waals surface area contributed by atoms with Crippen molar-refractivity contribution in [3.8, 4) is 5.75 Å². The molecule has 1 aromatic heterocycles. The van der Waals surface area contributed by atoms with Crippen LogP contribution in [0.25, 0.3) is 6.08 Å². The van der Waals surface area contributed by atoms with Gasteiger partial charge in [0.25, 0.3) is 0 Å². The van der Waals surface area contributed by atoms with Crippen LogP contribution in [0, 0.1) is 5.95 Å². The maximum Gasteiger partial charge on any atom is 0.573 e. The number of benzene rings is 2. The molecule has 1 spiro atoms. The normalized spacial score (nSPS) is 16.9. The number of hydrogen-bond acceptors (Lipinski definition) is 4. The first-order valence-corrected chi connectivity index (χ1v) is 13.2. The Balaban J connectivity index is 1.30. The van der Waals surface area contributed by atoms with Gasteiger partial charge in [-0.1, -0.05) is 42.0 Å². The average Bonchev–Trinajstić information content (AvgIpc) is 3.22. The zero-order chi connectivity index (χ0) is 28.3. The molecule has 2 amide bonds. The Hall–Kier alpha value is -3.63. The first-order valence-electron chi connectivity index (χ1n) is 12.8. The van der Waals surface area contributed by atoms with Crippen molar-refractivity contribution in [3.63, 3.8) is 0 Å². The minimum absolute atomic E-state index is 0.0452. The van der Waals surface area contributed by atoms with Crippen molar-refractivity contribution in [1.82, 2.24) is 15.2 Å². The second kappa shape index (κ2) is 11.5. The number of urea groups is 1. The Morgan fingerprint density at radius 1 is 1.10 bits per heavy atom. The lowest BCUT2D eigenvalue weighted by atomic mass is 9.74. The number of hydrogen-bond donors (Lipinski definition) is 1. The zero-order valence-electron chi connectivity index (χ0n) is 21.4. The molecule has 1 fully saturated rings. The molecule has 40 heavy (non-hydrogen) atoms. The number of fused-ring (bicyclic) bond motifs is 2. The van der Waals surface area contributed by atoms with Crippen molar-refractivity contribution in [2.24, 2.45) is 0 Å². The molecule has 3 heterocycles. The Morgan fingerprint density at radius 2 is 1.85 bits per heavy atom. The number of carbonyl (C=O) groups excluding carboxylic acids is 1. The molecular weight excluding hydrogens is 548 g/mol. The maximum atomic E-state index is 13.5. The van der Waals surface area contributed by atoms with Gasteiger partial charge >= 0.3 is 12.4 Å². The summed E-state index contributed by atoms with van der Waals surface area (Å²) in [6.45, 7) is 2.64. The van der Waals surface area contributed by atoms with E-state index in [1.807, 2.05) is 30.3 Å². The van der Waals surface area contributed by atoms with Crippen molar-refractivity contribution in [2.75, 3.05) is 31.1 Å². The Labute approximate surface area is 234 Å². The largest absolute Gasteiger partial charge is 0.573 e. The molecule has 0 bridgehead atoms. The number of anilines is 1. The summed E-state index contributed by atoms with van der Waals surface area (Å²) in [5.41, 5.74) is 2.38. The predicted molar refractivity (Wildman–Crippen MR) is 145 cm³/mol. The third kappa shape index (κ3) is 6.56. The number of aromatic nitrogens is 1. The van der Waals surface area contributed by atoms with Crippen LogP contribution in [0.1, 0.15) is 29.5 Å². The smallest absolute Gasteiger partial charge is 0.406 e. The highest BCUT2D eigenvalue weighted by Gasteiger charge is 2.46. The van der Waals surface area contributed by atoms with Gasteiger partial charge < -0.3 is 10.1 Å². The van der Waals surface area contributed by atoms with E-state index in [0.29, 0.717) is 22.8 Å². The highest BCUT2D eigenvalue weighted by atomic mass is 35.5. The number of likely N-dealkylation sites (tertiary alicyclic amines) is 1. The van der Waals surface area contributed by atoms with Gasteiger partial charge in [-0.3, -0.25) is 9.80 Å². The molecule has 0 unspecified atom stereocenters. The summed E-state index contributed by atoms with van der Waals surface area (Å²) in [6.07, 6.45) is 2.03. The molecule has 2 aliphatic rings. The first-order chi connectivity index (χ1) is 19.1. The topological polar surface area (TPSA) is 57.7 Å². The average molecular weight is 575 g/mol. The van der Waals surface area contributed by atoms with E-state index < -0.39 is 23.8 Å². The summed E-state index contributed by atoms with van der Waals surface area (Å²) >= 11 is 5.95. The van der Waals surface area contributed by atoms with Crippen molar-refractivity contribution < 1.29 is 27.1 Å². The second-order valence-electron chi connectivity index (χ2n) is 9.99. The lowest BCUT2D eigenvalue weighted by Crippen LogP contribution is -2.47. The molecule has 6 nitrogen and oxygen atoms in total. The van der Waals surface area contributed by atoms with E-state index in [0.717, 1.165) is 43.6 Å². The first kappa shape index (κ1) is 27.9. The SMILES string of the molecule is O=C(NCc1ccnc(F)c1)N1CC2(CCN(CC=Cc3ccc(Cl)cc3)CC2)c2ccc(OC(F)(F)F)cc21. The standard InChI is InChI=1S/C29H27ClF4N4O2/c30-22-5-3-20(4-6-22)2-1-13-37-14-10-28(11-15-37)19-38(27(39)36-18-21-9-12-35-26(31)16-21)25-17-23(7-8-24(25)28)40-29(32,33)34/h1-9,12,16-17H,10-11,13-15,18-19H2,(H,36,39). The summed E-state index contributed by atoms with van der Waals surface area (Å²) in [5, 5.41) is 3.44. The van der Waals surface area contributed by atoms with Gasteiger partial charge in [-0.25, -0.2) is 9.78 Å². The van der Waals surface area contributed by atoms with E-state index in [1.165, 1.54) is 29.3 Å². The molecule has 1 N–H and O–H groups in total. The molecule has 2 aliphatic heterocycles. The predicted octanol–water partition coefficient (Wildman–Crippen LogP) is 6.55. The number of alkyl halides is 3. The van der Waals surface area contributed by atoms with Crippen LogP contribution in [0.4, 0.5) is 28.0 Å². The van der Waals surface area contributed by atoms with E-state index >= 15 is 0 Å². The van der Waals surface area contributed by atoms with Crippen molar-refractivity contribution in [1.29, 1.82) is 0 Å². The van der Waals surface area contributed by atoms with Crippen molar-refractivity contribution in [2.45, 2.75) is 31.2 Å². The van der Waals surface area contributed by atoms with Crippen LogP contribution >= 0.6 is 11.6 Å². The number of piperidine rings is 1. The lowest BCUT2D eigenvalue weighted by Gasteiger charge is -2.39. The molecule has 3 aromatic rings. The minimum atomic E-state index is -4.85. The molecular formula is C29H27ClF4N4O2. The van der Waals surface area contributed by atoms with Crippen molar-refractivity contribution >= 4 is 29.4 Å². The third-order valence-corrected chi connectivity index (χ3v) is 7.61. The Morgan fingerprint density at radius 3 is 2.55 bits per heavy atom. The summed E-state index contributed by atoms with van der Waals surface area (Å²) in [5.74, 6) is -1.05. The highest BCUT2D eigenvalue weighted by molar-refractivity contribution is 6.30. The van der Waals surface area contributed by atoms with Gasteiger partial charge in [-0.05, 0) is 73.0 Å². The molecule has 210 valence electrons. The molecule has 1 saturated heterocycles. The second-order valence-corrected chi connectivity index (χ2v) is 10.4. The van der Waals surface area contributed by atoms with Gasteiger partial charge in [0.2, 0.25) is 5.95 Å². The summed E-state index contributed by atoms with van der Waals surface area (Å²) < 4.78 is 56.4. The number of rotatable bonds is 6. The minimum Gasteiger partial charge on any atom is -0.406 e. The number of nitrogens with zero attached hydrogens (tertiary/aromatic N) is 3. The molecule has 2 aromatic carbocycles. The monoisotopic (exact) mass is 574 g/mol. The number of carbonyl (C=O) groups is 1. The molecule has 0 saturated carbocycles. The van der Waals surface area contributed by atoms with Gasteiger partial charge in [-0.15, -0.1) is 13.2 Å². The summed E-state index contributed by atoms with van der Waals surface area (Å²) in [7, 11) is 0. The Kier molecular flexibility index (Phi) is 8.00. The number of pyridine rings is 1. The number of amides is 2. The maximum absolute atomic E-state index is 13.5. The fourth-order valence-electron chi connectivity index (χ4n) is 5.36. The molecule has 0 aliphatic carbocycles. The van der Waals surface area contributed by atoms with E-state index in [4.69, 9.17) is 11.6 Å². The van der Waals surface area contributed by atoms with Crippen LogP contribution in [-0.2, 0) is 12.0 Å². The summed E-state index contributed by atoms with van der Waals surface area (Å²) in [4.78, 5) is 20.5. The summed E-state index contributed by atoms with van der Waals surface area (Å²) in [6, 6.07) is 14.1. The number of nitrogens with one attached hydrogen (secondary N) is 1. The van der Waals surface area contributed by atoms with E-state index in [-0.39, 0.29) is 12.3 Å². The van der Waals surface area contributed by atoms with Crippen LogP contribution in [0.5, 0.6) is 5.75 Å². The molecule has 0 radical (unpaired) electrons. The van der Waals surface area contributed by atoms with Gasteiger partial charge in [0.1, 0.15) is 5.75 Å². The van der Waals surface area contributed by atoms with Gasteiger partial charge in [-0.2, -0.15) is 4.39 Å². The van der Waals surface area contributed by atoms with Crippen LogP contribution < -0.4 is 15.0 Å². The van der Waals surface area contributed by atoms with Crippen LogP contribution in [0.15, 0.2) is 66.9 Å². The highest BCUT2D eigenvalue weighted by Crippen LogP contribution is 2.48. The van der Waals surface area contributed by atoms with Crippen LogP contribution in [-0.4, -0.2) is 48.5 Å². The fourth-order valence-corrected chi connectivity index (χ4v) is 5.49. The molecule has 0 atom stereocenters. The molecule has 5 rings (SSSR count). The van der Waals surface area contributed by atoms with Gasteiger partial charge in [0.15, 0.2) is 0 Å². The van der Waals surface area contributed by atoms with Crippen LogP contribution in [0.2, 0.25) is 5.02 Å². The zero-order valence-corrected chi connectivity index (χ0v) is 22.2. The van der Waals surface area contributed by atoms with Gasteiger partial charge in [0.05, 0.1) is 5.69 Å². The Bertz CT molecular complexity index is 1390. The lowest BCUT2D eigenvalue weighted by molar-refractivity contribution is -0.274. The quantitative estimate of drug-likeness (QED) is 0.268.